The number of hydrogen-bond acceptors (Lipinski definition) is 4. The number of furan rings is 1. The van der Waals surface area contributed by atoms with E-state index in [4.69, 9.17) is 9.52 Å². The van der Waals surface area contributed by atoms with E-state index in [1.165, 1.54) is 12.1 Å². The first-order chi connectivity index (χ1) is 16.0. The van der Waals surface area contributed by atoms with Crippen LogP contribution in [0.25, 0.3) is 33.4 Å². The van der Waals surface area contributed by atoms with Gasteiger partial charge in [0.05, 0.1) is 5.56 Å². The van der Waals surface area contributed by atoms with Crippen LogP contribution in [-0.4, -0.2) is 31.5 Å². The number of benzene rings is 3. The van der Waals surface area contributed by atoms with Crippen molar-refractivity contribution in [1.82, 2.24) is 5.32 Å². The average molecular weight is 448 g/mol. The average Bonchev–Trinajstić information content (AvgIpc) is 3.23. The van der Waals surface area contributed by atoms with Crippen LogP contribution in [0.3, 0.4) is 0 Å². The fraction of sp³-hybridized carbons (Fsp3) is 0.185. The van der Waals surface area contributed by atoms with Crippen LogP contribution in [0, 0.1) is 5.82 Å². The Labute approximate surface area is 191 Å². The minimum Gasteiger partial charge on any atom is -0.455 e. The molecule has 2 N–H and O–H groups in total. The van der Waals surface area contributed by atoms with Gasteiger partial charge in [-0.3, -0.25) is 9.59 Å². The molecule has 0 spiro atoms. The molecule has 0 saturated carbocycles. The third-order valence-electron chi connectivity index (χ3n) is 5.33. The number of fused-ring (bicyclic) bond motifs is 1. The van der Waals surface area contributed by atoms with Gasteiger partial charge in [0, 0.05) is 30.7 Å². The lowest BCUT2D eigenvalue weighted by Gasteiger charge is -2.10. The molecule has 4 rings (SSSR count). The second-order valence-corrected chi connectivity index (χ2v) is 7.39. The molecule has 0 bridgehead atoms. The van der Waals surface area contributed by atoms with Gasteiger partial charge in [-0.2, -0.15) is 0 Å². The first-order valence-corrected chi connectivity index (χ1v) is 10.6. The third kappa shape index (κ3) is 4.86. The molecule has 1 amide bonds. The molecule has 0 aliphatic heterocycles. The summed E-state index contributed by atoms with van der Waals surface area (Å²) < 4.78 is 19.6. The molecule has 0 unspecified atom stereocenters. The number of amides is 1. The zero-order valence-corrected chi connectivity index (χ0v) is 18.8. The van der Waals surface area contributed by atoms with E-state index in [2.05, 4.69) is 12.2 Å². The summed E-state index contributed by atoms with van der Waals surface area (Å²) in [5, 5.41) is 10.4. The second-order valence-electron chi connectivity index (χ2n) is 7.39. The topological polar surface area (TPSA) is 79.5 Å². The Morgan fingerprint density at radius 2 is 1.79 bits per heavy atom. The van der Waals surface area contributed by atoms with Gasteiger partial charge in [0.25, 0.3) is 5.91 Å². The van der Waals surface area contributed by atoms with E-state index >= 15 is 0 Å². The summed E-state index contributed by atoms with van der Waals surface area (Å²) in [6, 6.07) is 17.2. The number of carbonyl (C=O) groups excluding carboxylic acids is 2. The van der Waals surface area contributed by atoms with Crippen LogP contribution in [0.2, 0.25) is 0 Å². The molecule has 4 aromatic rings. The molecular weight excluding hydrogens is 421 g/mol. The Kier molecular flexibility index (Phi) is 7.74. The fourth-order valence-electron chi connectivity index (χ4n) is 3.86. The Bertz CT molecular complexity index is 1280. The van der Waals surface area contributed by atoms with Gasteiger partial charge < -0.3 is 14.8 Å². The summed E-state index contributed by atoms with van der Waals surface area (Å²) in [6.07, 6.45) is 2.57. The highest BCUT2D eigenvalue weighted by atomic mass is 19.1. The Morgan fingerprint density at radius 3 is 2.42 bits per heavy atom. The van der Waals surface area contributed by atoms with Crippen molar-refractivity contribution in [1.29, 1.82) is 0 Å². The summed E-state index contributed by atoms with van der Waals surface area (Å²) in [7, 11) is 2.57. The SMILES string of the molecule is CCCc1cc2oc(-c3ccc(F)cc3)c(C(=O)NC)c2cc1-c1cccc(C=O)c1.CO. The fourth-order valence-corrected chi connectivity index (χ4v) is 3.86. The minimum atomic E-state index is -0.357. The van der Waals surface area contributed by atoms with Crippen LogP contribution in [0.15, 0.2) is 65.1 Å². The van der Waals surface area contributed by atoms with Gasteiger partial charge in [0.2, 0.25) is 0 Å². The van der Waals surface area contributed by atoms with E-state index in [-0.39, 0.29) is 11.7 Å². The van der Waals surface area contributed by atoms with Crippen molar-refractivity contribution in [2.75, 3.05) is 14.2 Å². The summed E-state index contributed by atoms with van der Waals surface area (Å²) in [5.74, 6) is -0.242. The first-order valence-electron chi connectivity index (χ1n) is 10.6. The lowest BCUT2D eigenvalue weighted by molar-refractivity contribution is 0.0964. The quantitative estimate of drug-likeness (QED) is 0.375. The number of aliphatic hydroxyl groups is 1. The van der Waals surface area contributed by atoms with Crippen molar-refractivity contribution in [2.24, 2.45) is 0 Å². The van der Waals surface area contributed by atoms with E-state index in [0.717, 1.165) is 42.9 Å². The lowest BCUT2D eigenvalue weighted by Crippen LogP contribution is -2.18. The Hall–Kier alpha value is -3.77. The molecule has 170 valence electrons. The molecule has 1 heterocycles. The molecule has 3 aromatic carbocycles. The van der Waals surface area contributed by atoms with Crippen LogP contribution in [0.4, 0.5) is 4.39 Å². The zero-order chi connectivity index (χ0) is 24.0. The number of rotatable bonds is 6. The predicted octanol–water partition coefficient (Wildman–Crippen LogP) is 5.64. The van der Waals surface area contributed by atoms with E-state index in [9.17, 15) is 14.0 Å². The third-order valence-corrected chi connectivity index (χ3v) is 5.33. The normalized spacial score (nSPS) is 10.5. The molecule has 0 atom stereocenters. The molecule has 6 heteroatoms. The van der Waals surface area contributed by atoms with Gasteiger partial charge in [-0.05, 0) is 65.6 Å². The highest BCUT2D eigenvalue weighted by molar-refractivity contribution is 6.12. The van der Waals surface area contributed by atoms with Crippen LogP contribution in [0.5, 0.6) is 0 Å². The Balaban J connectivity index is 0.00000149. The number of halogens is 1. The van der Waals surface area contributed by atoms with Gasteiger partial charge in [-0.1, -0.05) is 31.5 Å². The number of hydrogen-bond donors (Lipinski definition) is 2. The Morgan fingerprint density at radius 1 is 1.06 bits per heavy atom. The molecule has 5 nitrogen and oxygen atoms in total. The first kappa shape index (κ1) is 23.9. The number of aliphatic hydroxyl groups excluding tert-OH is 1. The van der Waals surface area contributed by atoms with E-state index < -0.39 is 0 Å². The van der Waals surface area contributed by atoms with Crippen molar-refractivity contribution >= 4 is 23.2 Å². The van der Waals surface area contributed by atoms with Gasteiger partial charge >= 0.3 is 0 Å². The molecule has 1 aromatic heterocycles. The molecule has 33 heavy (non-hydrogen) atoms. The van der Waals surface area contributed by atoms with E-state index in [0.29, 0.717) is 33.4 Å². The largest absolute Gasteiger partial charge is 0.455 e. The minimum absolute atomic E-state index is 0.283. The lowest BCUT2D eigenvalue weighted by atomic mass is 9.93. The monoisotopic (exact) mass is 447 g/mol. The smallest absolute Gasteiger partial charge is 0.255 e. The van der Waals surface area contributed by atoms with Gasteiger partial charge in [0.15, 0.2) is 0 Å². The van der Waals surface area contributed by atoms with Crippen molar-refractivity contribution in [3.63, 3.8) is 0 Å². The second kappa shape index (κ2) is 10.7. The van der Waals surface area contributed by atoms with E-state index in [1.54, 1.807) is 25.2 Å². The van der Waals surface area contributed by atoms with Crippen LogP contribution in [-0.2, 0) is 6.42 Å². The maximum atomic E-state index is 13.4. The predicted molar refractivity (Wildman–Crippen MR) is 128 cm³/mol. The van der Waals surface area contributed by atoms with Crippen LogP contribution in [0.1, 0.15) is 39.6 Å². The molecule has 0 aliphatic carbocycles. The van der Waals surface area contributed by atoms with Crippen molar-refractivity contribution < 1.29 is 23.5 Å². The van der Waals surface area contributed by atoms with Crippen LogP contribution >= 0.6 is 0 Å². The number of nitrogens with one attached hydrogen (secondary N) is 1. The van der Waals surface area contributed by atoms with Gasteiger partial charge in [0.1, 0.15) is 23.4 Å². The maximum absolute atomic E-state index is 13.4. The van der Waals surface area contributed by atoms with Gasteiger partial charge in [-0.15, -0.1) is 0 Å². The number of carbonyl (C=O) groups is 2. The highest BCUT2D eigenvalue weighted by Gasteiger charge is 2.23. The summed E-state index contributed by atoms with van der Waals surface area (Å²) in [5.41, 5.74) is 5.14. The molecule has 0 aliphatic rings. The highest BCUT2D eigenvalue weighted by Crippen LogP contribution is 2.38. The van der Waals surface area contributed by atoms with Crippen molar-refractivity contribution in [3.05, 3.63) is 83.2 Å². The molecule has 0 saturated heterocycles. The molecular formula is C27H26FNO4. The number of aryl methyl sites for hydroxylation is 1. The van der Waals surface area contributed by atoms with E-state index in [1.807, 2.05) is 30.3 Å². The molecule has 0 radical (unpaired) electrons. The number of aldehydes is 1. The standard InChI is InChI=1S/C26H22FNO3.CH4O/c1-3-5-18-13-23-22(14-21(18)19-7-4-6-16(12-19)15-29)24(26(30)28-2)25(31-23)17-8-10-20(27)11-9-17;1-2/h4,6-15H,3,5H2,1-2H3,(H,28,30);2H,1H3. The van der Waals surface area contributed by atoms with Gasteiger partial charge in [-0.25, -0.2) is 4.39 Å². The van der Waals surface area contributed by atoms with Crippen LogP contribution < -0.4 is 5.32 Å². The van der Waals surface area contributed by atoms with Crippen molar-refractivity contribution in [3.8, 4) is 22.5 Å². The van der Waals surface area contributed by atoms with Crippen molar-refractivity contribution in [2.45, 2.75) is 19.8 Å². The maximum Gasteiger partial charge on any atom is 0.255 e. The summed E-state index contributed by atoms with van der Waals surface area (Å²) in [4.78, 5) is 24.1. The zero-order valence-electron chi connectivity index (χ0n) is 18.8. The summed E-state index contributed by atoms with van der Waals surface area (Å²) >= 11 is 0. The summed E-state index contributed by atoms with van der Waals surface area (Å²) in [6.45, 7) is 2.10. The molecule has 0 fully saturated rings.